The first-order chi connectivity index (χ1) is 15.9. The minimum Gasteiger partial charge on any atom is -0.378 e. The minimum absolute atomic E-state index is 0.110. The molecule has 1 aliphatic heterocycles. The lowest BCUT2D eigenvalue weighted by molar-refractivity contribution is 0.349. The summed E-state index contributed by atoms with van der Waals surface area (Å²) in [6.45, 7) is 13.4. The van der Waals surface area contributed by atoms with E-state index in [0.29, 0.717) is 15.3 Å². The zero-order valence-electron chi connectivity index (χ0n) is 20.5. The van der Waals surface area contributed by atoms with Crippen LogP contribution in [0.1, 0.15) is 66.0 Å². The van der Waals surface area contributed by atoms with E-state index < -0.39 is 0 Å². The third-order valence-corrected chi connectivity index (χ3v) is 7.18. The van der Waals surface area contributed by atoms with Crippen LogP contribution in [0.4, 0.5) is 0 Å². The Morgan fingerprint density at radius 1 is 1.03 bits per heavy atom. The van der Waals surface area contributed by atoms with Crippen molar-refractivity contribution in [2.45, 2.75) is 65.7 Å². The van der Waals surface area contributed by atoms with Crippen LogP contribution in [0.15, 0.2) is 47.1 Å². The number of aromatic nitrogens is 5. The van der Waals surface area contributed by atoms with Crippen molar-refractivity contribution in [1.29, 1.82) is 0 Å². The van der Waals surface area contributed by atoms with Gasteiger partial charge in [0.05, 0.1) is 5.69 Å². The Hall–Kier alpha value is -2.80. The molecule has 0 saturated heterocycles. The Kier molecular flexibility index (Phi) is 7.07. The van der Waals surface area contributed by atoms with Gasteiger partial charge in [0, 0.05) is 29.9 Å². The van der Waals surface area contributed by atoms with E-state index in [1.54, 1.807) is 6.20 Å². The lowest BCUT2D eigenvalue weighted by atomic mass is 9.91. The summed E-state index contributed by atoms with van der Waals surface area (Å²) >= 11 is 0. The Morgan fingerprint density at radius 2 is 1.79 bits per heavy atom. The molecule has 0 aliphatic carbocycles. The van der Waals surface area contributed by atoms with Crippen LogP contribution in [0, 0.1) is 0 Å². The molecule has 0 unspecified atom stereocenters. The molecule has 0 N–H and O–H groups in total. The highest BCUT2D eigenvalue weighted by Gasteiger charge is 2.25. The predicted octanol–water partition coefficient (Wildman–Crippen LogP) is 4.33. The van der Waals surface area contributed by atoms with Crippen LogP contribution in [0.5, 0.6) is 0 Å². The highest BCUT2D eigenvalue weighted by Crippen LogP contribution is 2.22. The average Bonchev–Trinajstić information content (AvgIpc) is 3.51. The molecule has 2 radical (unpaired) electrons. The molecule has 0 aromatic carbocycles. The van der Waals surface area contributed by atoms with Crippen molar-refractivity contribution in [1.82, 2.24) is 29.7 Å². The minimum atomic E-state index is -0.110. The summed E-state index contributed by atoms with van der Waals surface area (Å²) in [5.74, 6) is 0.683. The highest BCUT2D eigenvalue weighted by molar-refractivity contribution is 6.57. The normalized spacial score (nSPS) is 14.8. The standard InChI is InChI=1S/C26H34N6Si/c1-6-8-16-31(17-9-7-2)22-14-13-19(33-22)18-20-23(26(3,4)5)30-32-24(20)28-29-25(32)21-12-10-11-15-27-21/h10-15,18H,6-9,16-17H2,1-5H3/b20-18-. The zero-order chi connectivity index (χ0) is 23.4. The number of hydrogen-bond donors (Lipinski definition) is 0. The van der Waals surface area contributed by atoms with Gasteiger partial charge in [0.25, 0.3) is 0 Å². The van der Waals surface area contributed by atoms with Gasteiger partial charge in [-0.15, -0.1) is 10.2 Å². The first kappa shape index (κ1) is 23.4. The molecular formula is C26H34N6Si. The van der Waals surface area contributed by atoms with Crippen LogP contribution in [0.2, 0.25) is 0 Å². The summed E-state index contributed by atoms with van der Waals surface area (Å²) in [6.07, 6.45) is 13.6. The van der Waals surface area contributed by atoms with Gasteiger partial charge in [-0.1, -0.05) is 64.8 Å². The molecule has 172 valence electrons. The van der Waals surface area contributed by atoms with Crippen LogP contribution in [-0.4, -0.2) is 52.3 Å². The lowest BCUT2D eigenvalue weighted by Gasteiger charge is -2.26. The van der Waals surface area contributed by atoms with Gasteiger partial charge in [0.15, 0.2) is 5.65 Å². The summed E-state index contributed by atoms with van der Waals surface area (Å²) in [6, 6.07) is 5.82. The summed E-state index contributed by atoms with van der Waals surface area (Å²) in [4.78, 5) is 7.04. The maximum atomic E-state index is 4.97. The first-order valence-corrected chi connectivity index (χ1v) is 13.0. The molecule has 4 heterocycles. The molecule has 7 heteroatoms. The predicted molar refractivity (Wildman–Crippen MR) is 136 cm³/mol. The van der Waals surface area contributed by atoms with Crippen LogP contribution < -0.4 is 5.22 Å². The summed E-state index contributed by atoms with van der Waals surface area (Å²) < 4.78 is 1.86. The van der Waals surface area contributed by atoms with Crippen LogP contribution in [0.3, 0.4) is 0 Å². The van der Waals surface area contributed by atoms with Crippen molar-refractivity contribution in [3.05, 3.63) is 58.0 Å². The molecule has 0 atom stereocenters. The number of pyridine rings is 1. The van der Waals surface area contributed by atoms with E-state index in [0.717, 1.165) is 35.3 Å². The Bertz CT molecular complexity index is 1200. The average molecular weight is 459 g/mol. The lowest BCUT2D eigenvalue weighted by Crippen LogP contribution is -2.28. The topological polar surface area (TPSA) is 59.2 Å². The van der Waals surface area contributed by atoms with E-state index in [2.05, 4.69) is 72.9 Å². The van der Waals surface area contributed by atoms with Crippen LogP contribution >= 0.6 is 0 Å². The summed E-state index contributed by atoms with van der Waals surface area (Å²) in [5, 5.41) is 17.8. The molecule has 0 fully saturated rings. The van der Waals surface area contributed by atoms with Crippen molar-refractivity contribution >= 4 is 21.2 Å². The third-order valence-electron chi connectivity index (χ3n) is 5.84. The van der Waals surface area contributed by atoms with Crippen molar-refractivity contribution in [3.63, 3.8) is 0 Å². The van der Waals surface area contributed by atoms with Gasteiger partial charge in [0.1, 0.15) is 15.2 Å². The first-order valence-electron chi connectivity index (χ1n) is 12.0. The van der Waals surface area contributed by atoms with Crippen molar-refractivity contribution in [2.75, 3.05) is 13.1 Å². The van der Waals surface area contributed by atoms with Crippen molar-refractivity contribution in [2.24, 2.45) is 0 Å². The monoisotopic (exact) mass is 458 g/mol. The van der Waals surface area contributed by atoms with Gasteiger partial charge in [-0.05, 0) is 42.4 Å². The molecule has 3 aromatic heterocycles. The number of rotatable bonds is 9. The highest BCUT2D eigenvalue weighted by atomic mass is 28.2. The molecule has 4 rings (SSSR count). The number of fused-ring (bicyclic) bond motifs is 1. The van der Waals surface area contributed by atoms with Gasteiger partial charge >= 0.3 is 0 Å². The third kappa shape index (κ3) is 5.08. The maximum absolute atomic E-state index is 4.97. The fourth-order valence-corrected chi connectivity index (χ4v) is 5.25. The fraction of sp³-hybridized carbons (Fsp3) is 0.462. The quantitative estimate of drug-likeness (QED) is 0.447. The maximum Gasteiger partial charge on any atom is 0.203 e. The van der Waals surface area contributed by atoms with Gasteiger partial charge < -0.3 is 4.90 Å². The molecule has 33 heavy (non-hydrogen) atoms. The Labute approximate surface area is 199 Å². The number of unbranched alkanes of at least 4 members (excludes halogenated alkanes) is 2. The second kappa shape index (κ2) is 9.99. The number of hydrogen-bond acceptors (Lipinski definition) is 5. The fourth-order valence-electron chi connectivity index (χ4n) is 4.02. The van der Waals surface area contributed by atoms with E-state index in [1.165, 1.54) is 36.2 Å². The molecule has 3 aromatic rings. The van der Waals surface area contributed by atoms with Gasteiger partial charge in [-0.2, -0.15) is 9.61 Å². The van der Waals surface area contributed by atoms with E-state index in [1.807, 2.05) is 22.7 Å². The SMILES string of the molecule is CCCCN(CCCC)C1=CC=C(/C=c2/c(C(C)(C)C)nn3c(-c4ccccn4)nnc23)[Si]1. The number of nitrogens with zero attached hydrogens (tertiary/aromatic N) is 6. The molecule has 0 saturated carbocycles. The van der Waals surface area contributed by atoms with Gasteiger partial charge in [-0.25, -0.2) is 0 Å². The molecule has 0 spiro atoms. The molecule has 0 amide bonds. The van der Waals surface area contributed by atoms with E-state index in [-0.39, 0.29) is 5.41 Å². The Morgan fingerprint density at radius 3 is 2.42 bits per heavy atom. The second-order valence-electron chi connectivity index (χ2n) is 9.62. The zero-order valence-corrected chi connectivity index (χ0v) is 21.5. The Balaban J connectivity index is 1.68. The van der Waals surface area contributed by atoms with E-state index in [9.17, 15) is 0 Å². The molecular weight excluding hydrogens is 424 g/mol. The van der Waals surface area contributed by atoms with Gasteiger partial charge in [0.2, 0.25) is 5.82 Å². The van der Waals surface area contributed by atoms with Crippen molar-refractivity contribution in [3.8, 4) is 11.5 Å². The molecule has 6 nitrogen and oxygen atoms in total. The summed E-state index contributed by atoms with van der Waals surface area (Å²) in [7, 11) is 0.657. The van der Waals surface area contributed by atoms with E-state index in [4.69, 9.17) is 5.10 Å². The van der Waals surface area contributed by atoms with Crippen LogP contribution in [0.25, 0.3) is 23.2 Å². The van der Waals surface area contributed by atoms with Crippen molar-refractivity contribution < 1.29 is 0 Å². The number of allylic oxidation sites excluding steroid dienone is 3. The summed E-state index contributed by atoms with van der Waals surface area (Å²) in [5.41, 5.74) is 2.51. The van der Waals surface area contributed by atoms with E-state index >= 15 is 0 Å². The molecule has 0 bridgehead atoms. The largest absolute Gasteiger partial charge is 0.378 e. The smallest absolute Gasteiger partial charge is 0.203 e. The van der Waals surface area contributed by atoms with Crippen LogP contribution in [-0.2, 0) is 5.41 Å². The second-order valence-corrected chi connectivity index (χ2v) is 11.0. The van der Waals surface area contributed by atoms with Gasteiger partial charge in [-0.3, -0.25) is 4.98 Å². The molecule has 1 aliphatic rings.